The summed E-state index contributed by atoms with van der Waals surface area (Å²) in [4.78, 5) is 25.5. The van der Waals surface area contributed by atoms with Gasteiger partial charge in [-0.05, 0) is 42.8 Å². The molecular weight excluding hydrogens is 470 g/mol. The van der Waals surface area contributed by atoms with E-state index in [4.69, 9.17) is 9.15 Å². The number of hydrazone groups is 1. The molecule has 2 aromatic carbocycles. The van der Waals surface area contributed by atoms with E-state index in [0.717, 1.165) is 11.1 Å². The number of ether oxygens (including phenoxy) is 1. The molecule has 1 amide bonds. The van der Waals surface area contributed by atoms with E-state index in [-0.39, 0.29) is 17.0 Å². The first kappa shape index (κ1) is 24.4. The predicted octanol–water partition coefficient (Wildman–Crippen LogP) is 3.42. The van der Waals surface area contributed by atoms with Crippen LogP contribution in [0.5, 0.6) is 0 Å². The van der Waals surface area contributed by atoms with Gasteiger partial charge in [-0.2, -0.15) is 5.10 Å². The van der Waals surface area contributed by atoms with Crippen molar-refractivity contribution in [2.24, 2.45) is 5.10 Å². The van der Waals surface area contributed by atoms with E-state index in [1.807, 2.05) is 31.2 Å². The molecule has 10 heteroatoms. The van der Waals surface area contributed by atoms with Crippen molar-refractivity contribution in [1.29, 1.82) is 0 Å². The summed E-state index contributed by atoms with van der Waals surface area (Å²) < 4.78 is 37.5. The van der Waals surface area contributed by atoms with E-state index in [2.05, 4.69) is 9.82 Å². The zero-order valence-corrected chi connectivity index (χ0v) is 20.1. The molecule has 0 unspecified atom stereocenters. The number of nitrogens with one attached hydrogen (secondary N) is 1. The number of benzene rings is 2. The van der Waals surface area contributed by atoms with Crippen LogP contribution in [-0.4, -0.2) is 44.2 Å². The highest BCUT2D eigenvalue weighted by Gasteiger charge is 2.35. The van der Waals surface area contributed by atoms with E-state index < -0.39 is 34.5 Å². The standard InChI is InChI=1S/C25H25N3O6S/c1-3-26-35(31,32)20-7-4-6-19(14-20)25(30)34-16-24(29)28-22(23-8-5-13-33-23)15-21(27-28)18-11-9-17(2)10-12-18/h4-14,22,26H,3,15-16H2,1-2H3/t22-/m0/s1. The van der Waals surface area contributed by atoms with Crippen molar-refractivity contribution >= 4 is 27.6 Å². The zero-order valence-electron chi connectivity index (χ0n) is 19.3. The van der Waals surface area contributed by atoms with Gasteiger partial charge in [-0.1, -0.05) is 42.8 Å². The Labute approximate surface area is 203 Å². The molecule has 1 N–H and O–H groups in total. The molecule has 0 bridgehead atoms. The average molecular weight is 496 g/mol. The van der Waals surface area contributed by atoms with Gasteiger partial charge < -0.3 is 9.15 Å². The Kier molecular flexibility index (Phi) is 7.13. The molecule has 0 fully saturated rings. The van der Waals surface area contributed by atoms with Crippen LogP contribution in [0.2, 0.25) is 0 Å². The molecule has 35 heavy (non-hydrogen) atoms. The van der Waals surface area contributed by atoms with Crippen molar-refractivity contribution in [3.05, 3.63) is 89.4 Å². The quantitative estimate of drug-likeness (QED) is 0.479. The second-order valence-electron chi connectivity index (χ2n) is 7.99. The maximum atomic E-state index is 13.0. The smallest absolute Gasteiger partial charge is 0.338 e. The number of carbonyl (C=O) groups is 2. The highest BCUT2D eigenvalue weighted by molar-refractivity contribution is 7.89. The van der Waals surface area contributed by atoms with Crippen LogP contribution < -0.4 is 4.72 Å². The van der Waals surface area contributed by atoms with Crippen LogP contribution in [0.15, 0.2) is 81.3 Å². The molecule has 182 valence electrons. The lowest BCUT2D eigenvalue weighted by Gasteiger charge is -2.19. The van der Waals surface area contributed by atoms with Gasteiger partial charge in [0.05, 0.1) is 22.4 Å². The van der Waals surface area contributed by atoms with Gasteiger partial charge in [0.2, 0.25) is 10.0 Å². The largest absolute Gasteiger partial charge is 0.467 e. The summed E-state index contributed by atoms with van der Waals surface area (Å²) in [7, 11) is -3.74. The summed E-state index contributed by atoms with van der Waals surface area (Å²) in [5.41, 5.74) is 2.73. The van der Waals surface area contributed by atoms with Gasteiger partial charge in [-0.25, -0.2) is 22.9 Å². The Bertz CT molecular complexity index is 1350. The molecule has 0 saturated carbocycles. The van der Waals surface area contributed by atoms with Gasteiger partial charge >= 0.3 is 5.97 Å². The van der Waals surface area contributed by atoms with Crippen molar-refractivity contribution in [2.45, 2.75) is 31.2 Å². The Morgan fingerprint density at radius 2 is 1.91 bits per heavy atom. The molecule has 1 aromatic heterocycles. The Balaban J connectivity index is 1.49. The van der Waals surface area contributed by atoms with Crippen LogP contribution in [0.4, 0.5) is 0 Å². The van der Waals surface area contributed by atoms with E-state index >= 15 is 0 Å². The van der Waals surface area contributed by atoms with Gasteiger partial charge in [0.1, 0.15) is 11.8 Å². The number of amides is 1. The molecule has 1 aliphatic heterocycles. The predicted molar refractivity (Wildman–Crippen MR) is 128 cm³/mol. The van der Waals surface area contributed by atoms with E-state index in [0.29, 0.717) is 17.9 Å². The number of esters is 1. The molecule has 0 aliphatic carbocycles. The number of nitrogens with zero attached hydrogens (tertiary/aromatic N) is 2. The van der Waals surface area contributed by atoms with Crippen molar-refractivity contribution in [1.82, 2.24) is 9.73 Å². The topological polar surface area (TPSA) is 118 Å². The van der Waals surface area contributed by atoms with Crippen LogP contribution >= 0.6 is 0 Å². The van der Waals surface area contributed by atoms with E-state index in [9.17, 15) is 18.0 Å². The minimum atomic E-state index is -3.74. The third kappa shape index (κ3) is 5.50. The van der Waals surface area contributed by atoms with Crippen LogP contribution in [0.3, 0.4) is 0 Å². The first-order valence-corrected chi connectivity index (χ1v) is 12.5. The van der Waals surface area contributed by atoms with Crippen molar-refractivity contribution < 1.29 is 27.2 Å². The summed E-state index contributed by atoms with van der Waals surface area (Å²) in [6.07, 6.45) is 1.97. The number of rotatable bonds is 8. The van der Waals surface area contributed by atoms with Gasteiger partial charge in [0, 0.05) is 13.0 Å². The molecule has 3 aromatic rings. The number of hydrogen-bond acceptors (Lipinski definition) is 7. The molecule has 2 heterocycles. The summed E-state index contributed by atoms with van der Waals surface area (Å²) in [6, 6.07) is 16.3. The normalized spacial score (nSPS) is 15.7. The molecule has 1 atom stereocenters. The maximum Gasteiger partial charge on any atom is 0.338 e. The van der Waals surface area contributed by atoms with Crippen molar-refractivity contribution in [2.75, 3.05) is 13.2 Å². The SMILES string of the molecule is CCNS(=O)(=O)c1cccc(C(=O)OCC(=O)N2N=C(c3ccc(C)cc3)C[C@H]2c2ccco2)c1. The van der Waals surface area contributed by atoms with E-state index in [1.165, 1.54) is 35.5 Å². The average Bonchev–Trinajstić information content (AvgIpc) is 3.53. The molecule has 0 saturated heterocycles. The molecule has 9 nitrogen and oxygen atoms in total. The summed E-state index contributed by atoms with van der Waals surface area (Å²) in [5.74, 6) is -0.779. The number of carbonyl (C=O) groups excluding carboxylic acids is 2. The highest BCUT2D eigenvalue weighted by atomic mass is 32.2. The van der Waals surface area contributed by atoms with Crippen molar-refractivity contribution in [3.8, 4) is 0 Å². The van der Waals surface area contributed by atoms with Crippen LogP contribution in [0.1, 0.15) is 46.6 Å². The van der Waals surface area contributed by atoms with Crippen LogP contribution in [0.25, 0.3) is 0 Å². The third-order valence-electron chi connectivity index (χ3n) is 5.46. The first-order valence-electron chi connectivity index (χ1n) is 11.1. The number of hydrogen-bond donors (Lipinski definition) is 1. The van der Waals surface area contributed by atoms with Gasteiger partial charge in [-0.15, -0.1) is 0 Å². The fourth-order valence-corrected chi connectivity index (χ4v) is 4.79. The molecule has 0 radical (unpaired) electrons. The van der Waals surface area contributed by atoms with Gasteiger partial charge in [0.25, 0.3) is 5.91 Å². The minimum absolute atomic E-state index is 0.0182. The second kappa shape index (κ2) is 10.2. The fourth-order valence-electron chi connectivity index (χ4n) is 3.70. The number of furan rings is 1. The number of aryl methyl sites for hydroxylation is 1. The Hall–Kier alpha value is -3.76. The maximum absolute atomic E-state index is 13.0. The number of sulfonamides is 1. The first-order chi connectivity index (χ1) is 16.8. The lowest BCUT2D eigenvalue weighted by molar-refractivity contribution is -0.136. The zero-order chi connectivity index (χ0) is 25.0. The lowest BCUT2D eigenvalue weighted by atomic mass is 10.0. The lowest BCUT2D eigenvalue weighted by Crippen LogP contribution is -2.31. The van der Waals surface area contributed by atoms with Crippen LogP contribution in [-0.2, 0) is 19.6 Å². The minimum Gasteiger partial charge on any atom is -0.467 e. The summed E-state index contributed by atoms with van der Waals surface area (Å²) in [6.45, 7) is 3.29. The third-order valence-corrected chi connectivity index (χ3v) is 7.01. The van der Waals surface area contributed by atoms with Crippen LogP contribution in [0, 0.1) is 6.92 Å². The molecule has 0 spiro atoms. The summed E-state index contributed by atoms with van der Waals surface area (Å²) in [5, 5.41) is 5.78. The highest BCUT2D eigenvalue weighted by Crippen LogP contribution is 2.33. The van der Waals surface area contributed by atoms with Gasteiger partial charge in [0.15, 0.2) is 6.61 Å². The van der Waals surface area contributed by atoms with Crippen molar-refractivity contribution in [3.63, 3.8) is 0 Å². The monoisotopic (exact) mass is 495 g/mol. The Morgan fingerprint density at radius 1 is 1.14 bits per heavy atom. The van der Waals surface area contributed by atoms with E-state index in [1.54, 1.807) is 19.1 Å². The molecule has 4 rings (SSSR count). The fraction of sp³-hybridized carbons (Fsp3) is 0.240. The molecule has 1 aliphatic rings. The van der Waals surface area contributed by atoms with Gasteiger partial charge in [-0.3, -0.25) is 4.79 Å². The summed E-state index contributed by atoms with van der Waals surface area (Å²) >= 11 is 0. The Morgan fingerprint density at radius 3 is 2.60 bits per heavy atom. The second-order valence-corrected chi connectivity index (χ2v) is 9.76. The molecular formula is C25H25N3O6S.